The fourth-order valence-corrected chi connectivity index (χ4v) is 4.30. The van der Waals surface area contributed by atoms with E-state index in [1.807, 2.05) is 37.3 Å². The van der Waals surface area contributed by atoms with Crippen molar-refractivity contribution in [3.63, 3.8) is 0 Å². The number of benzene rings is 1. The van der Waals surface area contributed by atoms with E-state index >= 15 is 0 Å². The van der Waals surface area contributed by atoms with Gasteiger partial charge < -0.3 is 0 Å². The van der Waals surface area contributed by atoms with Gasteiger partial charge in [0.15, 0.2) is 5.82 Å². The van der Waals surface area contributed by atoms with Crippen LogP contribution in [0.3, 0.4) is 0 Å². The molecular weight excluding hydrogens is 318 g/mol. The zero-order valence-electron chi connectivity index (χ0n) is 11.9. The van der Waals surface area contributed by atoms with E-state index in [1.54, 1.807) is 29.1 Å². The van der Waals surface area contributed by atoms with E-state index in [0.29, 0.717) is 16.6 Å². The minimum atomic E-state index is -3.56. The lowest BCUT2D eigenvalue weighted by Crippen LogP contribution is -2.12. The summed E-state index contributed by atoms with van der Waals surface area (Å²) in [7, 11) is -3.56. The van der Waals surface area contributed by atoms with Crippen LogP contribution in [0.5, 0.6) is 0 Å². The summed E-state index contributed by atoms with van der Waals surface area (Å²) in [6, 6.07) is 14.9. The predicted molar refractivity (Wildman–Crippen MR) is 87.6 cm³/mol. The van der Waals surface area contributed by atoms with E-state index in [0.717, 1.165) is 10.4 Å². The minimum absolute atomic E-state index is 0.294. The van der Waals surface area contributed by atoms with Crippen LogP contribution in [-0.2, 0) is 16.6 Å². The van der Waals surface area contributed by atoms with Gasteiger partial charge in [-0.15, -0.1) is 11.3 Å². The molecule has 114 valence electrons. The zero-order chi connectivity index (χ0) is 15.6. The Kier molecular flexibility index (Phi) is 4.00. The molecule has 0 aliphatic carbocycles. The number of nitrogens with one attached hydrogen (secondary N) is 1. The Morgan fingerprint density at radius 1 is 1.14 bits per heavy atom. The molecule has 3 rings (SSSR count). The van der Waals surface area contributed by atoms with Crippen molar-refractivity contribution in [3.8, 4) is 0 Å². The Hall–Kier alpha value is -2.12. The number of sulfonamides is 1. The molecule has 7 heteroatoms. The van der Waals surface area contributed by atoms with Crippen LogP contribution in [0.2, 0.25) is 0 Å². The maximum atomic E-state index is 12.2. The van der Waals surface area contributed by atoms with Crippen LogP contribution < -0.4 is 4.72 Å². The van der Waals surface area contributed by atoms with Crippen LogP contribution in [0.4, 0.5) is 5.82 Å². The molecule has 0 saturated heterocycles. The van der Waals surface area contributed by atoms with E-state index < -0.39 is 10.0 Å². The third-order valence-electron chi connectivity index (χ3n) is 3.05. The molecule has 0 amide bonds. The van der Waals surface area contributed by atoms with Gasteiger partial charge >= 0.3 is 0 Å². The average molecular weight is 333 g/mol. The van der Waals surface area contributed by atoms with E-state index in [4.69, 9.17) is 0 Å². The summed E-state index contributed by atoms with van der Waals surface area (Å²) in [5.74, 6) is 0.321. The molecule has 0 aliphatic rings. The second kappa shape index (κ2) is 5.94. The number of anilines is 1. The normalized spacial score (nSPS) is 11.5. The monoisotopic (exact) mass is 333 g/mol. The lowest BCUT2D eigenvalue weighted by Gasteiger charge is -2.03. The minimum Gasteiger partial charge on any atom is -0.266 e. The van der Waals surface area contributed by atoms with Crippen LogP contribution >= 0.6 is 11.3 Å². The second-order valence-corrected chi connectivity index (χ2v) is 8.05. The van der Waals surface area contributed by atoms with Gasteiger partial charge in [0.25, 0.3) is 10.0 Å². The van der Waals surface area contributed by atoms with E-state index in [2.05, 4.69) is 9.82 Å². The quantitative estimate of drug-likeness (QED) is 0.780. The van der Waals surface area contributed by atoms with Gasteiger partial charge in [-0.2, -0.15) is 5.10 Å². The van der Waals surface area contributed by atoms with Gasteiger partial charge in [0, 0.05) is 17.1 Å². The third-order valence-corrected chi connectivity index (χ3v) is 5.89. The molecule has 0 saturated carbocycles. The highest BCUT2D eigenvalue weighted by molar-refractivity contribution is 7.94. The molecule has 0 aliphatic heterocycles. The van der Waals surface area contributed by atoms with Gasteiger partial charge in [-0.1, -0.05) is 30.3 Å². The molecular formula is C15H15N3O2S2. The number of hydrogen-bond acceptors (Lipinski definition) is 4. The summed E-state index contributed by atoms with van der Waals surface area (Å²) in [6.07, 6.45) is 1.75. The Balaban J connectivity index is 1.74. The largest absolute Gasteiger partial charge is 0.272 e. The summed E-state index contributed by atoms with van der Waals surface area (Å²) in [5, 5.41) is 4.25. The van der Waals surface area contributed by atoms with Crippen LogP contribution in [0.1, 0.15) is 10.4 Å². The Morgan fingerprint density at radius 2 is 1.91 bits per heavy atom. The van der Waals surface area contributed by atoms with Gasteiger partial charge in [0.1, 0.15) is 4.21 Å². The number of rotatable bonds is 5. The first-order valence-corrected chi connectivity index (χ1v) is 8.99. The lowest BCUT2D eigenvalue weighted by atomic mass is 10.2. The fourth-order valence-electron chi connectivity index (χ4n) is 2.02. The fraction of sp³-hybridized carbons (Fsp3) is 0.133. The first-order chi connectivity index (χ1) is 10.5. The van der Waals surface area contributed by atoms with Crippen molar-refractivity contribution in [3.05, 3.63) is 65.2 Å². The molecule has 1 aromatic carbocycles. The van der Waals surface area contributed by atoms with Crippen molar-refractivity contribution >= 4 is 27.2 Å². The van der Waals surface area contributed by atoms with Crippen molar-refractivity contribution in [1.82, 2.24) is 9.78 Å². The number of aromatic nitrogens is 2. The van der Waals surface area contributed by atoms with Gasteiger partial charge in [-0.25, -0.2) is 8.42 Å². The van der Waals surface area contributed by atoms with E-state index in [9.17, 15) is 8.42 Å². The first-order valence-electron chi connectivity index (χ1n) is 6.69. The van der Waals surface area contributed by atoms with Crippen molar-refractivity contribution in [1.29, 1.82) is 0 Å². The van der Waals surface area contributed by atoms with Crippen molar-refractivity contribution in [2.45, 2.75) is 17.7 Å². The molecule has 3 aromatic rings. The number of thiophene rings is 1. The second-order valence-electron chi connectivity index (χ2n) is 4.85. The Bertz CT molecular complexity index is 867. The summed E-state index contributed by atoms with van der Waals surface area (Å²) >= 11 is 1.24. The molecule has 0 unspecified atom stereocenters. The Morgan fingerprint density at radius 3 is 2.59 bits per heavy atom. The highest BCUT2D eigenvalue weighted by Crippen LogP contribution is 2.22. The maximum absolute atomic E-state index is 12.2. The maximum Gasteiger partial charge on any atom is 0.272 e. The standard InChI is InChI=1S/C15H15N3O2S2/c1-12-7-8-15(21-12)22(19,20)17-14-9-10-18(16-14)11-13-5-3-2-4-6-13/h2-10H,11H2,1H3,(H,16,17). The summed E-state index contributed by atoms with van der Waals surface area (Å²) < 4.78 is 29.0. The topological polar surface area (TPSA) is 64.0 Å². The van der Waals surface area contributed by atoms with Crippen LogP contribution in [0.15, 0.2) is 58.9 Å². The van der Waals surface area contributed by atoms with Crippen molar-refractivity contribution in [2.75, 3.05) is 4.72 Å². The molecule has 1 N–H and O–H groups in total. The van der Waals surface area contributed by atoms with Crippen molar-refractivity contribution < 1.29 is 8.42 Å². The molecule has 5 nitrogen and oxygen atoms in total. The summed E-state index contributed by atoms with van der Waals surface area (Å²) in [4.78, 5) is 0.954. The molecule has 0 radical (unpaired) electrons. The molecule has 0 bridgehead atoms. The molecule has 2 aromatic heterocycles. The van der Waals surface area contributed by atoms with Gasteiger partial charge in [-0.05, 0) is 24.6 Å². The third kappa shape index (κ3) is 3.37. The van der Waals surface area contributed by atoms with E-state index in [1.165, 1.54) is 11.3 Å². The molecule has 0 atom stereocenters. The molecule has 2 heterocycles. The number of aryl methyl sites for hydroxylation is 1. The van der Waals surface area contributed by atoms with Crippen LogP contribution in [-0.4, -0.2) is 18.2 Å². The molecule has 0 spiro atoms. The van der Waals surface area contributed by atoms with Crippen LogP contribution in [0, 0.1) is 6.92 Å². The van der Waals surface area contributed by atoms with Gasteiger partial charge in [-0.3, -0.25) is 9.40 Å². The number of hydrogen-bond donors (Lipinski definition) is 1. The van der Waals surface area contributed by atoms with Gasteiger partial charge in [0.05, 0.1) is 6.54 Å². The summed E-state index contributed by atoms with van der Waals surface area (Å²) in [6.45, 7) is 2.47. The highest BCUT2D eigenvalue weighted by Gasteiger charge is 2.17. The van der Waals surface area contributed by atoms with Gasteiger partial charge in [0.2, 0.25) is 0 Å². The molecule has 0 fully saturated rings. The van der Waals surface area contributed by atoms with Crippen molar-refractivity contribution in [2.24, 2.45) is 0 Å². The zero-order valence-corrected chi connectivity index (χ0v) is 13.6. The smallest absolute Gasteiger partial charge is 0.266 e. The Labute approximate surface area is 133 Å². The van der Waals surface area contributed by atoms with Crippen LogP contribution in [0.25, 0.3) is 0 Å². The molecule has 22 heavy (non-hydrogen) atoms. The number of nitrogens with zero attached hydrogens (tertiary/aromatic N) is 2. The predicted octanol–water partition coefficient (Wildman–Crippen LogP) is 3.10. The van der Waals surface area contributed by atoms with E-state index in [-0.39, 0.29) is 0 Å². The summed E-state index contributed by atoms with van der Waals surface area (Å²) in [5.41, 5.74) is 1.11. The SMILES string of the molecule is Cc1ccc(S(=O)(=O)Nc2ccn(Cc3ccccc3)n2)s1. The first kappa shape index (κ1) is 14.8. The average Bonchev–Trinajstić information content (AvgIpc) is 3.09. The highest BCUT2D eigenvalue weighted by atomic mass is 32.2. The lowest BCUT2D eigenvalue weighted by molar-refractivity contribution is 0.602.